The molecular weight excluding hydrogens is 535 g/mol. The van der Waals surface area contributed by atoms with E-state index in [-0.39, 0.29) is 35.6 Å². The van der Waals surface area contributed by atoms with E-state index in [1.54, 1.807) is 4.90 Å². The molecule has 0 spiro atoms. The van der Waals surface area contributed by atoms with Crippen LogP contribution in [0.3, 0.4) is 0 Å². The molecule has 0 aliphatic carbocycles. The summed E-state index contributed by atoms with van der Waals surface area (Å²) in [4.78, 5) is 31.6. The summed E-state index contributed by atoms with van der Waals surface area (Å²) in [5, 5.41) is 0. The van der Waals surface area contributed by atoms with Crippen molar-refractivity contribution in [3.63, 3.8) is 0 Å². The number of benzene rings is 1. The van der Waals surface area contributed by atoms with E-state index in [2.05, 4.69) is 13.2 Å². The SMILES string of the molecule is C=C(OC(=C)C(F)(F)F)C(c1ccccc1)N1CCN(C(=O)CC2CCN(C(=O)OC(C)(C)C)CC2)C(C(C)C)C1. The molecule has 2 saturated heterocycles. The fourth-order valence-electron chi connectivity index (χ4n) is 5.46. The Bertz CT molecular complexity index is 1080. The molecule has 1 aromatic carbocycles. The van der Waals surface area contributed by atoms with Crippen LogP contribution in [0, 0.1) is 11.8 Å². The van der Waals surface area contributed by atoms with Crippen LogP contribution in [0.5, 0.6) is 0 Å². The quantitative estimate of drug-likeness (QED) is 0.328. The molecule has 10 heteroatoms. The van der Waals surface area contributed by atoms with Gasteiger partial charge in [-0.3, -0.25) is 9.69 Å². The number of nitrogens with zero attached hydrogens (tertiary/aromatic N) is 3. The highest BCUT2D eigenvalue weighted by atomic mass is 19.4. The van der Waals surface area contributed by atoms with Crippen LogP contribution in [0.1, 0.15) is 65.5 Å². The van der Waals surface area contributed by atoms with Gasteiger partial charge in [0.1, 0.15) is 11.4 Å². The second kappa shape index (κ2) is 13.3. The van der Waals surface area contributed by atoms with Crippen LogP contribution in [0.2, 0.25) is 0 Å². The third kappa shape index (κ3) is 8.99. The van der Waals surface area contributed by atoms with Crippen LogP contribution in [0.15, 0.2) is 55.0 Å². The maximum Gasteiger partial charge on any atom is 0.448 e. The topological polar surface area (TPSA) is 62.3 Å². The molecule has 3 rings (SSSR count). The van der Waals surface area contributed by atoms with E-state index >= 15 is 0 Å². The maximum atomic E-state index is 13.5. The van der Waals surface area contributed by atoms with E-state index in [0.29, 0.717) is 39.1 Å². The van der Waals surface area contributed by atoms with Crippen molar-refractivity contribution in [1.29, 1.82) is 0 Å². The van der Waals surface area contributed by atoms with Crippen molar-refractivity contribution in [2.45, 2.75) is 77.7 Å². The Morgan fingerprint density at radius 3 is 2.15 bits per heavy atom. The van der Waals surface area contributed by atoms with Gasteiger partial charge in [0, 0.05) is 45.2 Å². The first-order valence-corrected chi connectivity index (χ1v) is 14.3. The normalized spacial score (nSPS) is 20.1. The van der Waals surface area contributed by atoms with Gasteiger partial charge in [-0.2, -0.15) is 13.2 Å². The largest absolute Gasteiger partial charge is 0.456 e. The van der Waals surface area contributed by atoms with Crippen LogP contribution >= 0.6 is 0 Å². The number of halogens is 3. The summed E-state index contributed by atoms with van der Waals surface area (Å²) in [6, 6.07) is 8.38. The predicted molar refractivity (Wildman–Crippen MR) is 152 cm³/mol. The number of piperidine rings is 1. The van der Waals surface area contributed by atoms with E-state index in [1.165, 1.54) is 0 Å². The average Bonchev–Trinajstić information content (AvgIpc) is 2.88. The van der Waals surface area contributed by atoms with E-state index < -0.39 is 23.6 Å². The standard InChI is InChI=1S/C31H44F3N3O4/c1-21(2)26-20-36(28(25-11-9-8-10-12-25)22(3)40-23(4)31(32,33)34)17-18-37(26)27(38)19-24-13-15-35(16-14-24)29(39)41-30(5,6)7/h8-12,21,24,26,28H,3-4,13-20H2,1-2,5-7H3. The highest BCUT2D eigenvalue weighted by Crippen LogP contribution is 2.36. The number of amides is 2. The molecule has 2 aliphatic rings. The van der Waals surface area contributed by atoms with Gasteiger partial charge in [-0.1, -0.05) is 57.3 Å². The lowest BCUT2D eigenvalue weighted by molar-refractivity contribution is -0.140. The summed E-state index contributed by atoms with van der Waals surface area (Å²) in [6.45, 7) is 19.0. The van der Waals surface area contributed by atoms with Gasteiger partial charge in [0.25, 0.3) is 0 Å². The zero-order valence-corrected chi connectivity index (χ0v) is 24.9. The first-order chi connectivity index (χ1) is 19.1. The fourth-order valence-corrected chi connectivity index (χ4v) is 5.46. The molecule has 2 aliphatic heterocycles. The summed E-state index contributed by atoms with van der Waals surface area (Å²) in [5.41, 5.74) is 0.203. The van der Waals surface area contributed by atoms with E-state index in [4.69, 9.17) is 9.47 Å². The Morgan fingerprint density at radius 1 is 1.00 bits per heavy atom. The fraction of sp³-hybridized carbons (Fsp3) is 0.613. The van der Waals surface area contributed by atoms with Crippen molar-refractivity contribution in [1.82, 2.24) is 14.7 Å². The van der Waals surface area contributed by atoms with E-state index in [1.807, 2.05) is 74.8 Å². The van der Waals surface area contributed by atoms with Gasteiger partial charge in [-0.15, -0.1) is 0 Å². The second-order valence-electron chi connectivity index (χ2n) is 12.3. The average molecular weight is 580 g/mol. The van der Waals surface area contributed by atoms with Crippen molar-refractivity contribution in [3.05, 3.63) is 60.6 Å². The smallest absolute Gasteiger partial charge is 0.448 e. The van der Waals surface area contributed by atoms with E-state index in [9.17, 15) is 22.8 Å². The number of piperazine rings is 1. The lowest BCUT2D eigenvalue weighted by Gasteiger charge is -2.46. The van der Waals surface area contributed by atoms with Gasteiger partial charge in [-0.25, -0.2) is 4.79 Å². The molecular formula is C31H44F3N3O4. The lowest BCUT2D eigenvalue weighted by atomic mass is 9.91. The molecule has 0 N–H and O–H groups in total. The molecule has 2 fully saturated rings. The number of carbonyl (C=O) groups is 2. The third-order valence-corrected chi connectivity index (χ3v) is 7.63. The van der Waals surface area contributed by atoms with Crippen molar-refractivity contribution in [3.8, 4) is 0 Å². The number of alkyl halides is 3. The summed E-state index contributed by atoms with van der Waals surface area (Å²) in [5.74, 6) is -1.01. The number of rotatable bonds is 8. The monoisotopic (exact) mass is 579 g/mol. The number of carbonyl (C=O) groups excluding carboxylic acids is 2. The molecule has 1 aromatic rings. The van der Waals surface area contributed by atoms with Crippen LogP contribution in [0.4, 0.5) is 18.0 Å². The number of hydrogen-bond donors (Lipinski definition) is 0. The van der Waals surface area contributed by atoms with Gasteiger partial charge in [0.05, 0.1) is 6.04 Å². The lowest BCUT2D eigenvalue weighted by Crippen LogP contribution is -2.58. The van der Waals surface area contributed by atoms with Crippen LogP contribution in [-0.2, 0) is 14.3 Å². The summed E-state index contributed by atoms with van der Waals surface area (Å²) in [6.07, 6.45) is -3.16. The number of likely N-dealkylation sites (tertiary alicyclic amines) is 1. The van der Waals surface area contributed by atoms with Crippen LogP contribution in [0.25, 0.3) is 0 Å². The minimum absolute atomic E-state index is 0.0578. The molecule has 0 saturated carbocycles. The van der Waals surface area contributed by atoms with Crippen molar-refractivity contribution >= 4 is 12.0 Å². The molecule has 2 unspecified atom stereocenters. The highest BCUT2D eigenvalue weighted by Gasteiger charge is 2.40. The van der Waals surface area contributed by atoms with Gasteiger partial charge in [0.15, 0.2) is 0 Å². The van der Waals surface area contributed by atoms with Gasteiger partial charge in [0.2, 0.25) is 11.7 Å². The minimum atomic E-state index is -4.70. The zero-order chi connectivity index (χ0) is 30.5. The molecule has 2 atom stereocenters. The van der Waals surface area contributed by atoms with Gasteiger partial charge < -0.3 is 19.3 Å². The molecule has 0 bridgehead atoms. The second-order valence-corrected chi connectivity index (χ2v) is 12.3. The number of allylic oxidation sites excluding steroid dienone is 1. The Labute approximate surface area is 241 Å². The Balaban J connectivity index is 1.67. The first kappa shape index (κ1) is 32.5. The number of ether oxygens (including phenoxy) is 2. The summed E-state index contributed by atoms with van der Waals surface area (Å²) >= 11 is 0. The van der Waals surface area contributed by atoms with Gasteiger partial charge in [-0.05, 0) is 51.0 Å². The number of hydrogen-bond acceptors (Lipinski definition) is 5. The molecule has 2 amide bonds. The molecule has 2 heterocycles. The third-order valence-electron chi connectivity index (χ3n) is 7.63. The molecule has 0 aromatic heterocycles. The highest BCUT2D eigenvalue weighted by molar-refractivity contribution is 5.77. The molecule has 0 radical (unpaired) electrons. The van der Waals surface area contributed by atoms with E-state index in [0.717, 1.165) is 18.4 Å². The molecule has 7 nitrogen and oxygen atoms in total. The molecule has 228 valence electrons. The Morgan fingerprint density at radius 2 is 1.61 bits per heavy atom. The maximum absolute atomic E-state index is 13.5. The van der Waals surface area contributed by atoms with Crippen molar-refractivity contribution in [2.24, 2.45) is 11.8 Å². The molecule has 41 heavy (non-hydrogen) atoms. The minimum Gasteiger partial charge on any atom is -0.456 e. The van der Waals surface area contributed by atoms with Gasteiger partial charge >= 0.3 is 12.3 Å². The first-order valence-electron chi connectivity index (χ1n) is 14.3. The predicted octanol–water partition coefficient (Wildman–Crippen LogP) is 6.54. The Kier molecular flexibility index (Phi) is 10.6. The van der Waals surface area contributed by atoms with Crippen LogP contribution < -0.4 is 0 Å². The van der Waals surface area contributed by atoms with Crippen molar-refractivity contribution < 1.29 is 32.2 Å². The summed E-state index contributed by atoms with van der Waals surface area (Å²) in [7, 11) is 0. The zero-order valence-electron chi connectivity index (χ0n) is 24.9. The van der Waals surface area contributed by atoms with Crippen molar-refractivity contribution in [2.75, 3.05) is 32.7 Å². The Hall–Kier alpha value is -3.01. The summed E-state index contributed by atoms with van der Waals surface area (Å²) < 4.78 is 50.2. The van der Waals surface area contributed by atoms with Crippen LogP contribution in [-0.4, -0.2) is 77.2 Å².